The summed E-state index contributed by atoms with van der Waals surface area (Å²) < 4.78 is 0. The molecule has 0 spiro atoms. The van der Waals surface area contributed by atoms with Crippen LogP contribution in [0.4, 0.5) is 5.69 Å². The zero-order chi connectivity index (χ0) is 15.2. The van der Waals surface area contributed by atoms with Crippen LogP contribution in [0.5, 0.6) is 0 Å². The number of amides is 1. The highest BCUT2D eigenvalue weighted by Gasteiger charge is 2.10. The fourth-order valence-electron chi connectivity index (χ4n) is 1.79. The van der Waals surface area contributed by atoms with Crippen LogP contribution in [0.3, 0.4) is 0 Å². The number of hydrogen-bond donors (Lipinski definition) is 3. The molecule has 2 heterocycles. The lowest BCUT2D eigenvalue weighted by Crippen LogP contribution is -2.33. The van der Waals surface area contributed by atoms with Crippen molar-refractivity contribution < 1.29 is 4.79 Å². The van der Waals surface area contributed by atoms with Crippen LogP contribution in [0.25, 0.3) is 0 Å². The highest BCUT2D eigenvalue weighted by Crippen LogP contribution is 2.10. The number of anilines is 1. The van der Waals surface area contributed by atoms with Gasteiger partial charge >= 0.3 is 0 Å². The van der Waals surface area contributed by atoms with Gasteiger partial charge in [-0.3, -0.25) is 14.6 Å². The van der Waals surface area contributed by atoms with Crippen molar-refractivity contribution in [2.75, 3.05) is 18.4 Å². The first-order valence-corrected chi connectivity index (χ1v) is 6.56. The molecule has 1 amide bonds. The smallest absolute Gasteiger partial charge is 0.263 e. The van der Waals surface area contributed by atoms with Gasteiger partial charge in [-0.2, -0.15) is 0 Å². The van der Waals surface area contributed by atoms with Crippen molar-refractivity contribution in [1.29, 1.82) is 0 Å². The van der Waals surface area contributed by atoms with Crippen LogP contribution in [-0.4, -0.2) is 33.9 Å². The van der Waals surface area contributed by atoms with E-state index < -0.39 is 11.5 Å². The van der Waals surface area contributed by atoms with E-state index in [2.05, 4.69) is 25.6 Å². The first kappa shape index (κ1) is 14.7. The Bertz CT molecular complexity index is 696. The number of carbonyl (C=O) groups is 1. The molecule has 7 heteroatoms. The first-order valence-electron chi connectivity index (χ1n) is 6.56. The Morgan fingerprint density at radius 3 is 2.81 bits per heavy atom. The molecule has 0 aromatic carbocycles. The molecule has 3 N–H and O–H groups in total. The summed E-state index contributed by atoms with van der Waals surface area (Å²) in [5.41, 5.74) is 1.58. The highest BCUT2D eigenvalue weighted by atomic mass is 16.2. The van der Waals surface area contributed by atoms with E-state index in [-0.39, 0.29) is 5.56 Å². The van der Waals surface area contributed by atoms with Crippen molar-refractivity contribution in [2.45, 2.75) is 13.8 Å². The number of nitrogens with one attached hydrogen (secondary N) is 3. The second-order valence-electron chi connectivity index (χ2n) is 4.58. The van der Waals surface area contributed by atoms with Gasteiger partial charge in [-0.05, 0) is 25.5 Å². The van der Waals surface area contributed by atoms with Gasteiger partial charge in [0.15, 0.2) is 0 Å². The summed E-state index contributed by atoms with van der Waals surface area (Å²) in [5.74, 6) is 0.0448. The molecule has 2 aromatic heterocycles. The number of aryl methyl sites for hydroxylation is 2. The third-order valence-corrected chi connectivity index (χ3v) is 2.92. The minimum absolute atomic E-state index is 0.0145. The van der Waals surface area contributed by atoms with Crippen LogP contribution < -0.4 is 16.2 Å². The van der Waals surface area contributed by atoms with Crippen molar-refractivity contribution >= 4 is 11.6 Å². The fourth-order valence-corrected chi connectivity index (χ4v) is 1.79. The van der Waals surface area contributed by atoms with E-state index in [1.165, 1.54) is 6.20 Å². The average Bonchev–Trinajstić information content (AvgIpc) is 2.45. The van der Waals surface area contributed by atoms with Gasteiger partial charge in [0.05, 0.1) is 0 Å². The zero-order valence-electron chi connectivity index (χ0n) is 11.9. The minimum atomic E-state index is -0.433. The van der Waals surface area contributed by atoms with Crippen LogP contribution in [-0.2, 0) is 0 Å². The van der Waals surface area contributed by atoms with Crippen LogP contribution in [0, 0.1) is 13.8 Å². The summed E-state index contributed by atoms with van der Waals surface area (Å²) in [5, 5.41) is 5.86. The van der Waals surface area contributed by atoms with Crippen molar-refractivity contribution in [2.24, 2.45) is 0 Å². The highest BCUT2D eigenvalue weighted by molar-refractivity contribution is 5.93. The summed E-state index contributed by atoms with van der Waals surface area (Å²) in [6, 6.07) is 1.87. The third kappa shape index (κ3) is 3.88. The molecule has 0 aliphatic rings. The van der Waals surface area contributed by atoms with E-state index >= 15 is 0 Å². The predicted octanol–water partition coefficient (Wildman–Crippen LogP) is 0.624. The van der Waals surface area contributed by atoms with Gasteiger partial charge in [-0.25, -0.2) is 4.98 Å². The van der Waals surface area contributed by atoms with Crippen LogP contribution in [0.1, 0.15) is 21.7 Å². The van der Waals surface area contributed by atoms with Crippen LogP contribution in [0.15, 0.2) is 29.5 Å². The Hall–Kier alpha value is -2.70. The van der Waals surface area contributed by atoms with Crippen molar-refractivity contribution in [3.05, 3.63) is 52.0 Å². The van der Waals surface area contributed by atoms with Gasteiger partial charge in [0.25, 0.3) is 11.5 Å². The quantitative estimate of drug-likeness (QED) is 0.700. The molecule has 0 saturated carbocycles. The van der Waals surface area contributed by atoms with E-state index in [4.69, 9.17) is 0 Å². The Kier molecular flexibility index (Phi) is 4.65. The number of nitrogens with zero attached hydrogens (tertiary/aromatic N) is 2. The molecule has 0 aliphatic carbocycles. The molecule has 0 radical (unpaired) electrons. The molecular weight excluding hydrogens is 270 g/mol. The Morgan fingerprint density at radius 1 is 1.29 bits per heavy atom. The second kappa shape index (κ2) is 6.65. The van der Waals surface area contributed by atoms with Crippen molar-refractivity contribution in [3.8, 4) is 0 Å². The molecule has 110 valence electrons. The number of rotatable bonds is 5. The Balaban J connectivity index is 1.85. The van der Waals surface area contributed by atoms with Crippen LogP contribution >= 0.6 is 0 Å². The lowest BCUT2D eigenvalue weighted by atomic mass is 10.2. The van der Waals surface area contributed by atoms with Gasteiger partial charge in [0.2, 0.25) is 0 Å². The Morgan fingerprint density at radius 2 is 2.10 bits per heavy atom. The number of aromatic amines is 1. The third-order valence-electron chi connectivity index (χ3n) is 2.92. The minimum Gasteiger partial charge on any atom is -0.383 e. The van der Waals surface area contributed by atoms with E-state index in [0.29, 0.717) is 18.9 Å². The van der Waals surface area contributed by atoms with E-state index in [0.717, 1.165) is 11.3 Å². The fraction of sp³-hybridized carbons (Fsp3) is 0.286. The zero-order valence-corrected chi connectivity index (χ0v) is 11.9. The summed E-state index contributed by atoms with van der Waals surface area (Å²) in [4.78, 5) is 33.9. The molecule has 0 saturated heterocycles. The number of carbonyl (C=O) groups excluding carboxylic acids is 1. The standard InChI is InChI=1S/C14H17N5O2/c1-9-7-15-4-3-12(9)16-5-6-17-13(20)11-8-18-10(2)19-14(11)21/h3-4,7-8H,5-6H2,1-2H3,(H,15,16)(H,17,20)(H,18,19,21). The van der Waals surface area contributed by atoms with Gasteiger partial charge < -0.3 is 15.6 Å². The lowest BCUT2D eigenvalue weighted by Gasteiger charge is -2.09. The number of hydrogen-bond acceptors (Lipinski definition) is 5. The van der Waals surface area contributed by atoms with Crippen molar-refractivity contribution in [1.82, 2.24) is 20.3 Å². The normalized spacial score (nSPS) is 10.2. The summed E-state index contributed by atoms with van der Waals surface area (Å²) >= 11 is 0. The van der Waals surface area contributed by atoms with Gasteiger partial charge in [-0.15, -0.1) is 0 Å². The lowest BCUT2D eigenvalue weighted by molar-refractivity contribution is 0.0953. The van der Waals surface area contributed by atoms with Crippen LogP contribution in [0.2, 0.25) is 0 Å². The summed E-state index contributed by atoms with van der Waals surface area (Å²) in [6.07, 6.45) is 4.74. The maximum Gasteiger partial charge on any atom is 0.263 e. The number of aromatic nitrogens is 3. The molecule has 7 nitrogen and oxygen atoms in total. The largest absolute Gasteiger partial charge is 0.383 e. The first-order chi connectivity index (χ1) is 10.1. The van der Waals surface area contributed by atoms with Gasteiger partial charge in [-0.1, -0.05) is 0 Å². The molecule has 0 unspecified atom stereocenters. The van der Waals surface area contributed by atoms with E-state index in [9.17, 15) is 9.59 Å². The molecule has 0 fully saturated rings. The van der Waals surface area contributed by atoms with Crippen molar-refractivity contribution in [3.63, 3.8) is 0 Å². The number of H-pyrrole nitrogens is 1. The monoisotopic (exact) mass is 287 g/mol. The Labute approximate surface area is 121 Å². The average molecular weight is 287 g/mol. The maximum atomic E-state index is 11.8. The molecular formula is C14H17N5O2. The molecule has 0 bridgehead atoms. The topological polar surface area (TPSA) is 99.8 Å². The molecule has 21 heavy (non-hydrogen) atoms. The van der Waals surface area contributed by atoms with Gasteiger partial charge in [0, 0.05) is 37.4 Å². The van der Waals surface area contributed by atoms with Gasteiger partial charge in [0.1, 0.15) is 11.4 Å². The van der Waals surface area contributed by atoms with E-state index in [1.54, 1.807) is 19.3 Å². The summed E-state index contributed by atoms with van der Waals surface area (Å²) in [7, 11) is 0. The van der Waals surface area contributed by atoms with E-state index in [1.807, 2.05) is 13.0 Å². The maximum absolute atomic E-state index is 11.8. The molecule has 2 aromatic rings. The summed E-state index contributed by atoms with van der Waals surface area (Å²) in [6.45, 7) is 4.55. The molecule has 0 atom stereocenters. The molecule has 2 rings (SSSR count). The number of pyridine rings is 1. The molecule has 0 aliphatic heterocycles. The SMILES string of the molecule is Cc1ncc(C(=O)NCCNc2ccncc2C)c(=O)[nH]1. The predicted molar refractivity (Wildman–Crippen MR) is 79.4 cm³/mol. The second-order valence-corrected chi connectivity index (χ2v) is 4.58.